The first kappa shape index (κ1) is 21.4. The molecule has 0 atom stereocenters. The number of nitrogens with one attached hydrogen (secondary N) is 2. The molecule has 0 aromatic heterocycles. The number of carbonyl (C=O) groups is 1. The summed E-state index contributed by atoms with van der Waals surface area (Å²) in [6, 6.07) is 20.3. The van der Waals surface area contributed by atoms with Crippen molar-refractivity contribution in [1.29, 1.82) is 0 Å². The van der Waals surface area contributed by atoms with Crippen LogP contribution < -0.4 is 14.8 Å². The molecule has 0 saturated heterocycles. The molecular weight excluding hydrogens is 400 g/mol. The predicted molar refractivity (Wildman–Crippen MR) is 117 cm³/mol. The SMILES string of the molecule is Cc1cc(C)cc(OCCNC(=O)c2ccc(NS(=O)(=O)c3ccccc3)cc2)c1. The maximum atomic E-state index is 12.3. The van der Waals surface area contributed by atoms with Gasteiger partial charge >= 0.3 is 0 Å². The number of benzene rings is 3. The number of hydrogen-bond acceptors (Lipinski definition) is 4. The lowest BCUT2D eigenvalue weighted by molar-refractivity contribution is 0.0947. The molecule has 0 aliphatic carbocycles. The molecule has 7 heteroatoms. The predicted octanol–water partition coefficient (Wildman–Crippen LogP) is 3.91. The molecule has 0 heterocycles. The zero-order valence-electron chi connectivity index (χ0n) is 16.9. The molecule has 0 fully saturated rings. The van der Waals surface area contributed by atoms with Crippen molar-refractivity contribution in [3.8, 4) is 5.75 Å². The van der Waals surface area contributed by atoms with E-state index >= 15 is 0 Å². The number of anilines is 1. The van der Waals surface area contributed by atoms with Gasteiger partial charge in [-0.25, -0.2) is 8.42 Å². The summed E-state index contributed by atoms with van der Waals surface area (Å²) in [5, 5.41) is 2.79. The molecule has 3 rings (SSSR count). The van der Waals surface area contributed by atoms with E-state index in [-0.39, 0.29) is 10.8 Å². The first-order chi connectivity index (χ1) is 14.3. The summed E-state index contributed by atoms with van der Waals surface area (Å²) in [6.07, 6.45) is 0. The minimum absolute atomic E-state index is 0.177. The lowest BCUT2D eigenvalue weighted by Crippen LogP contribution is -2.28. The zero-order chi connectivity index (χ0) is 21.6. The highest BCUT2D eigenvalue weighted by atomic mass is 32.2. The van der Waals surface area contributed by atoms with Crippen LogP contribution in [-0.2, 0) is 10.0 Å². The first-order valence-electron chi connectivity index (χ1n) is 9.51. The van der Waals surface area contributed by atoms with Crippen LogP contribution in [-0.4, -0.2) is 27.5 Å². The van der Waals surface area contributed by atoms with Crippen LogP contribution in [0.2, 0.25) is 0 Å². The van der Waals surface area contributed by atoms with Gasteiger partial charge in [0.15, 0.2) is 0 Å². The van der Waals surface area contributed by atoms with Crippen molar-refractivity contribution in [2.45, 2.75) is 18.7 Å². The molecule has 30 heavy (non-hydrogen) atoms. The van der Waals surface area contributed by atoms with E-state index < -0.39 is 10.0 Å². The Labute approximate surface area is 177 Å². The van der Waals surface area contributed by atoms with Crippen LogP contribution in [0.15, 0.2) is 77.7 Å². The summed E-state index contributed by atoms with van der Waals surface area (Å²) < 4.78 is 32.9. The van der Waals surface area contributed by atoms with E-state index in [0.717, 1.165) is 16.9 Å². The van der Waals surface area contributed by atoms with Crippen molar-refractivity contribution in [1.82, 2.24) is 5.32 Å². The van der Waals surface area contributed by atoms with Gasteiger partial charge < -0.3 is 10.1 Å². The summed E-state index contributed by atoms with van der Waals surface area (Å²) in [5.41, 5.74) is 3.06. The standard InChI is InChI=1S/C23H24N2O4S/c1-17-14-18(2)16-21(15-17)29-13-12-24-23(26)19-8-10-20(11-9-19)25-30(27,28)22-6-4-3-5-7-22/h3-11,14-16,25H,12-13H2,1-2H3,(H,24,26). The van der Waals surface area contributed by atoms with E-state index in [9.17, 15) is 13.2 Å². The molecular formula is C23H24N2O4S. The second kappa shape index (κ2) is 9.45. The maximum absolute atomic E-state index is 12.3. The molecule has 0 aliphatic heterocycles. The average molecular weight is 425 g/mol. The molecule has 1 amide bonds. The van der Waals surface area contributed by atoms with Crippen molar-refractivity contribution in [3.63, 3.8) is 0 Å². The lowest BCUT2D eigenvalue weighted by Gasteiger charge is -2.10. The fraction of sp³-hybridized carbons (Fsp3) is 0.174. The van der Waals surface area contributed by atoms with Crippen LogP contribution in [0.25, 0.3) is 0 Å². The van der Waals surface area contributed by atoms with E-state index in [4.69, 9.17) is 4.74 Å². The van der Waals surface area contributed by atoms with E-state index in [0.29, 0.717) is 24.4 Å². The molecule has 0 aliphatic rings. The summed E-state index contributed by atoms with van der Waals surface area (Å²) >= 11 is 0. The second-order valence-corrected chi connectivity index (χ2v) is 8.61. The fourth-order valence-corrected chi connectivity index (χ4v) is 4.03. The Kier molecular flexibility index (Phi) is 6.74. The van der Waals surface area contributed by atoms with E-state index in [1.165, 1.54) is 12.1 Å². The second-order valence-electron chi connectivity index (χ2n) is 6.92. The summed E-state index contributed by atoms with van der Waals surface area (Å²) in [4.78, 5) is 12.5. The molecule has 6 nitrogen and oxygen atoms in total. The number of carbonyl (C=O) groups excluding carboxylic acids is 1. The van der Waals surface area contributed by atoms with Crippen LogP contribution in [0.3, 0.4) is 0 Å². The summed E-state index contributed by atoms with van der Waals surface area (Å²) in [5.74, 6) is 0.522. The Hall–Kier alpha value is -3.32. The Morgan fingerprint density at radius 3 is 2.17 bits per heavy atom. The average Bonchev–Trinajstić information content (AvgIpc) is 2.71. The Balaban J connectivity index is 1.51. The highest BCUT2D eigenvalue weighted by molar-refractivity contribution is 7.92. The molecule has 3 aromatic rings. The van der Waals surface area contributed by atoms with Gasteiger partial charge in [-0.15, -0.1) is 0 Å². The third-order valence-corrected chi connectivity index (χ3v) is 5.70. The highest BCUT2D eigenvalue weighted by Crippen LogP contribution is 2.17. The Morgan fingerprint density at radius 2 is 1.53 bits per heavy atom. The summed E-state index contributed by atoms with van der Waals surface area (Å²) in [7, 11) is -3.66. The van der Waals surface area contributed by atoms with Gasteiger partial charge in [0.2, 0.25) is 0 Å². The minimum atomic E-state index is -3.66. The van der Waals surface area contributed by atoms with Crippen molar-refractivity contribution in [2.24, 2.45) is 0 Å². The van der Waals surface area contributed by atoms with Gasteiger partial charge in [-0.05, 0) is 73.5 Å². The van der Waals surface area contributed by atoms with Gasteiger partial charge in [-0.3, -0.25) is 9.52 Å². The molecule has 0 saturated carbocycles. The van der Waals surface area contributed by atoms with Crippen molar-refractivity contribution >= 4 is 21.6 Å². The van der Waals surface area contributed by atoms with E-state index in [1.54, 1.807) is 42.5 Å². The number of sulfonamides is 1. The third kappa shape index (κ3) is 5.84. The number of rotatable bonds is 8. The number of hydrogen-bond donors (Lipinski definition) is 2. The molecule has 0 radical (unpaired) electrons. The lowest BCUT2D eigenvalue weighted by atomic mass is 10.1. The number of amides is 1. The van der Waals surface area contributed by atoms with Crippen molar-refractivity contribution in [3.05, 3.63) is 89.5 Å². The van der Waals surface area contributed by atoms with Crippen molar-refractivity contribution < 1.29 is 17.9 Å². The van der Waals surface area contributed by atoms with Crippen LogP contribution in [0, 0.1) is 13.8 Å². The van der Waals surface area contributed by atoms with Crippen LogP contribution in [0.5, 0.6) is 5.75 Å². The molecule has 0 spiro atoms. The normalized spacial score (nSPS) is 11.0. The van der Waals surface area contributed by atoms with Gasteiger partial charge in [0, 0.05) is 11.3 Å². The quantitative estimate of drug-likeness (QED) is 0.537. The van der Waals surface area contributed by atoms with Gasteiger partial charge in [-0.1, -0.05) is 24.3 Å². The molecule has 3 aromatic carbocycles. The van der Waals surface area contributed by atoms with Crippen LogP contribution in [0.1, 0.15) is 21.5 Å². The number of ether oxygens (including phenoxy) is 1. The highest BCUT2D eigenvalue weighted by Gasteiger charge is 2.13. The van der Waals surface area contributed by atoms with E-state index in [1.807, 2.05) is 26.0 Å². The zero-order valence-corrected chi connectivity index (χ0v) is 17.7. The molecule has 0 unspecified atom stereocenters. The van der Waals surface area contributed by atoms with Crippen molar-refractivity contribution in [2.75, 3.05) is 17.9 Å². The number of aryl methyl sites for hydroxylation is 2. The third-order valence-electron chi connectivity index (χ3n) is 4.30. The molecule has 0 bridgehead atoms. The summed E-state index contributed by atoms with van der Waals surface area (Å²) in [6.45, 7) is 4.72. The topological polar surface area (TPSA) is 84.5 Å². The Bertz CT molecular complexity index is 1090. The van der Waals surface area contributed by atoms with Crippen LogP contribution in [0.4, 0.5) is 5.69 Å². The molecule has 2 N–H and O–H groups in total. The smallest absolute Gasteiger partial charge is 0.261 e. The molecule has 156 valence electrons. The monoisotopic (exact) mass is 424 g/mol. The maximum Gasteiger partial charge on any atom is 0.261 e. The first-order valence-corrected chi connectivity index (χ1v) is 11.0. The Morgan fingerprint density at radius 1 is 0.900 bits per heavy atom. The van der Waals surface area contributed by atoms with Gasteiger partial charge in [0.1, 0.15) is 12.4 Å². The van der Waals surface area contributed by atoms with Crippen LogP contribution >= 0.6 is 0 Å². The van der Waals surface area contributed by atoms with Gasteiger partial charge in [0.05, 0.1) is 11.4 Å². The van der Waals surface area contributed by atoms with Gasteiger partial charge in [-0.2, -0.15) is 0 Å². The van der Waals surface area contributed by atoms with Gasteiger partial charge in [0.25, 0.3) is 15.9 Å². The van der Waals surface area contributed by atoms with E-state index in [2.05, 4.69) is 16.1 Å². The minimum Gasteiger partial charge on any atom is -0.492 e. The fourth-order valence-electron chi connectivity index (χ4n) is 2.96. The largest absolute Gasteiger partial charge is 0.492 e.